The molecule has 0 bridgehead atoms. The number of likely N-dealkylation sites (N-methyl/N-ethyl adjacent to an activating group) is 1. The first-order valence-electron chi connectivity index (χ1n) is 5.24. The van der Waals surface area contributed by atoms with Gasteiger partial charge in [0.05, 0.1) is 11.1 Å². The second-order valence-corrected chi connectivity index (χ2v) is 4.71. The zero-order valence-corrected chi connectivity index (χ0v) is 9.53. The number of hydrogen-bond donors (Lipinski definition) is 0. The predicted octanol–water partition coefficient (Wildman–Crippen LogP) is 1.67. The zero-order chi connectivity index (χ0) is 11.5. The lowest BCUT2D eigenvalue weighted by Gasteiger charge is -2.16. The van der Waals surface area contributed by atoms with Crippen molar-refractivity contribution in [2.45, 2.75) is 19.3 Å². The predicted molar refractivity (Wildman–Crippen MR) is 59.0 cm³/mol. The first-order chi connectivity index (χ1) is 7.51. The van der Waals surface area contributed by atoms with E-state index in [1.807, 2.05) is 26.0 Å². The summed E-state index contributed by atoms with van der Waals surface area (Å²) in [6.45, 7) is 4.12. The third-order valence-corrected chi connectivity index (χ3v) is 3.36. The Labute approximate surface area is 93.8 Å². The van der Waals surface area contributed by atoms with Crippen molar-refractivity contribution < 1.29 is 14.3 Å². The van der Waals surface area contributed by atoms with Crippen molar-refractivity contribution in [3.8, 4) is 11.5 Å². The van der Waals surface area contributed by atoms with E-state index in [1.165, 1.54) is 0 Å². The number of fused-ring (bicyclic) bond motifs is 2. The molecule has 1 aromatic rings. The first-order valence-corrected chi connectivity index (χ1v) is 5.24. The molecule has 1 aromatic carbocycles. The zero-order valence-electron chi connectivity index (χ0n) is 9.53. The number of anilines is 1. The summed E-state index contributed by atoms with van der Waals surface area (Å²) >= 11 is 0. The van der Waals surface area contributed by atoms with Crippen LogP contribution in [0.5, 0.6) is 11.5 Å². The molecule has 0 N–H and O–H groups in total. The van der Waals surface area contributed by atoms with Gasteiger partial charge in [-0.05, 0) is 25.5 Å². The summed E-state index contributed by atoms with van der Waals surface area (Å²) < 4.78 is 10.7. The van der Waals surface area contributed by atoms with Crippen LogP contribution in [0, 0.1) is 0 Å². The van der Waals surface area contributed by atoms with Crippen LogP contribution in [0.1, 0.15) is 19.4 Å². The fourth-order valence-electron chi connectivity index (χ4n) is 2.35. The number of amides is 1. The maximum atomic E-state index is 12.1. The van der Waals surface area contributed by atoms with Crippen LogP contribution < -0.4 is 14.4 Å². The molecule has 0 aromatic heterocycles. The fraction of sp³-hybridized carbons (Fsp3) is 0.417. The van der Waals surface area contributed by atoms with Crippen molar-refractivity contribution in [1.29, 1.82) is 0 Å². The molecule has 2 heterocycles. The molecule has 0 unspecified atom stereocenters. The summed E-state index contributed by atoms with van der Waals surface area (Å²) in [7, 11) is 1.79. The van der Waals surface area contributed by atoms with Crippen LogP contribution in [0.25, 0.3) is 0 Å². The minimum absolute atomic E-state index is 0.103. The van der Waals surface area contributed by atoms with E-state index in [1.54, 1.807) is 11.9 Å². The minimum Gasteiger partial charge on any atom is -0.454 e. The van der Waals surface area contributed by atoms with E-state index >= 15 is 0 Å². The van der Waals surface area contributed by atoms with Crippen LogP contribution in [0.2, 0.25) is 0 Å². The molecule has 0 saturated heterocycles. The molecule has 4 nitrogen and oxygen atoms in total. The molecule has 4 heteroatoms. The van der Waals surface area contributed by atoms with E-state index in [0.717, 1.165) is 22.7 Å². The Balaban J connectivity index is 2.25. The van der Waals surface area contributed by atoms with Gasteiger partial charge in [-0.1, -0.05) is 0 Å². The molecule has 3 rings (SSSR count). The standard InChI is InChI=1S/C12H13NO3/c1-12(2)7-4-9-10(16-6-15-9)5-8(7)13(3)11(12)14/h4-5H,6H2,1-3H3. The summed E-state index contributed by atoms with van der Waals surface area (Å²) in [6.07, 6.45) is 0. The van der Waals surface area contributed by atoms with Gasteiger partial charge in [0, 0.05) is 13.1 Å². The Kier molecular flexibility index (Phi) is 1.60. The van der Waals surface area contributed by atoms with Gasteiger partial charge in [0.1, 0.15) is 0 Å². The average molecular weight is 219 g/mol. The highest BCUT2D eigenvalue weighted by Gasteiger charge is 2.43. The van der Waals surface area contributed by atoms with Gasteiger partial charge in [-0.2, -0.15) is 0 Å². The van der Waals surface area contributed by atoms with Gasteiger partial charge < -0.3 is 14.4 Å². The van der Waals surface area contributed by atoms with Crippen LogP contribution in [0.4, 0.5) is 5.69 Å². The van der Waals surface area contributed by atoms with E-state index < -0.39 is 5.41 Å². The largest absolute Gasteiger partial charge is 0.454 e. The molecule has 2 aliphatic heterocycles. The molecule has 0 fully saturated rings. The average Bonchev–Trinajstić information content (AvgIpc) is 2.76. The molecule has 0 radical (unpaired) electrons. The van der Waals surface area contributed by atoms with Crippen molar-refractivity contribution in [1.82, 2.24) is 0 Å². The molecule has 0 aliphatic carbocycles. The Morgan fingerprint density at radius 3 is 2.56 bits per heavy atom. The van der Waals surface area contributed by atoms with Gasteiger partial charge in [-0.25, -0.2) is 0 Å². The van der Waals surface area contributed by atoms with Crippen molar-refractivity contribution in [3.05, 3.63) is 17.7 Å². The molecule has 2 aliphatic rings. The fourth-order valence-corrected chi connectivity index (χ4v) is 2.35. The van der Waals surface area contributed by atoms with E-state index in [9.17, 15) is 4.79 Å². The summed E-state index contributed by atoms with van der Waals surface area (Å²) in [5, 5.41) is 0. The minimum atomic E-state index is -0.481. The number of benzene rings is 1. The Hall–Kier alpha value is -1.71. The topological polar surface area (TPSA) is 38.8 Å². The van der Waals surface area contributed by atoms with Crippen LogP contribution in [0.15, 0.2) is 12.1 Å². The number of carbonyl (C=O) groups is 1. The normalized spacial score (nSPS) is 20.2. The summed E-state index contributed by atoms with van der Waals surface area (Å²) in [4.78, 5) is 13.7. The quantitative estimate of drug-likeness (QED) is 0.666. The number of nitrogens with zero attached hydrogens (tertiary/aromatic N) is 1. The van der Waals surface area contributed by atoms with Crippen LogP contribution in [-0.4, -0.2) is 19.7 Å². The number of hydrogen-bond acceptors (Lipinski definition) is 3. The second-order valence-electron chi connectivity index (χ2n) is 4.71. The molecule has 0 atom stereocenters. The van der Waals surface area contributed by atoms with Crippen molar-refractivity contribution in [2.75, 3.05) is 18.7 Å². The smallest absolute Gasteiger partial charge is 0.236 e. The number of rotatable bonds is 0. The molecule has 1 amide bonds. The Morgan fingerprint density at radius 2 is 1.88 bits per heavy atom. The van der Waals surface area contributed by atoms with E-state index in [2.05, 4.69) is 0 Å². The van der Waals surface area contributed by atoms with E-state index in [-0.39, 0.29) is 12.7 Å². The number of carbonyl (C=O) groups excluding carboxylic acids is 1. The van der Waals surface area contributed by atoms with E-state index in [0.29, 0.717) is 0 Å². The summed E-state index contributed by atoms with van der Waals surface area (Å²) in [5.41, 5.74) is 1.44. The Morgan fingerprint density at radius 1 is 1.25 bits per heavy atom. The molecular formula is C12H13NO3. The lowest BCUT2D eigenvalue weighted by atomic mass is 9.86. The third-order valence-electron chi connectivity index (χ3n) is 3.36. The molecule has 0 saturated carbocycles. The maximum Gasteiger partial charge on any atom is 0.236 e. The van der Waals surface area contributed by atoms with Crippen molar-refractivity contribution in [3.63, 3.8) is 0 Å². The lowest BCUT2D eigenvalue weighted by Crippen LogP contribution is -2.33. The lowest BCUT2D eigenvalue weighted by molar-refractivity contribution is -0.121. The third kappa shape index (κ3) is 0.965. The van der Waals surface area contributed by atoms with Crippen molar-refractivity contribution in [2.24, 2.45) is 0 Å². The van der Waals surface area contributed by atoms with Gasteiger partial charge >= 0.3 is 0 Å². The van der Waals surface area contributed by atoms with Gasteiger partial charge in [0.15, 0.2) is 11.5 Å². The van der Waals surface area contributed by atoms with Crippen LogP contribution in [-0.2, 0) is 10.2 Å². The van der Waals surface area contributed by atoms with Crippen molar-refractivity contribution >= 4 is 11.6 Å². The molecule has 0 spiro atoms. The Bertz CT molecular complexity index is 493. The summed E-state index contributed by atoms with van der Waals surface area (Å²) in [6, 6.07) is 3.80. The number of ether oxygens (including phenoxy) is 2. The van der Waals surface area contributed by atoms with Gasteiger partial charge in [0.25, 0.3) is 0 Å². The molecule has 16 heavy (non-hydrogen) atoms. The highest BCUT2D eigenvalue weighted by Crippen LogP contribution is 2.47. The summed E-state index contributed by atoms with van der Waals surface area (Å²) in [5.74, 6) is 1.55. The maximum absolute atomic E-state index is 12.1. The first kappa shape index (κ1) is 9.51. The van der Waals surface area contributed by atoms with Gasteiger partial charge in [0.2, 0.25) is 12.7 Å². The second kappa shape index (κ2) is 2.70. The van der Waals surface area contributed by atoms with Gasteiger partial charge in [-0.3, -0.25) is 4.79 Å². The monoisotopic (exact) mass is 219 g/mol. The van der Waals surface area contributed by atoms with Crippen LogP contribution >= 0.6 is 0 Å². The van der Waals surface area contributed by atoms with Crippen LogP contribution in [0.3, 0.4) is 0 Å². The van der Waals surface area contributed by atoms with E-state index in [4.69, 9.17) is 9.47 Å². The van der Waals surface area contributed by atoms with Gasteiger partial charge in [-0.15, -0.1) is 0 Å². The highest BCUT2D eigenvalue weighted by atomic mass is 16.7. The highest BCUT2D eigenvalue weighted by molar-refractivity contribution is 6.07. The SMILES string of the molecule is CN1C(=O)C(C)(C)c2cc3c(cc21)OCO3. The molecule has 84 valence electrons. The molecular weight excluding hydrogens is 206 g/mol.